The predicted octanol–water partition coefficient (Wildman–Crippen LogP) is 4.86. The van der Waals surface area contributed by atoms with E-state index in [1.165, 1.54) is 31.2 Å². The van der Waals surface area contributed by atoms with Crippen LogP contribution in [-0.2, 0) is 26.3 Å². The van der Waals surface area contributed by atoms with E-state index in [0.29, 0.717) is 6.42 Å². The first kappa shape index (κ1) is 27.0. The van der Waals surface area contributed by atoms with Crippen molar-refractivity contribution in [2.75, 3.05) is 18.8 Å². The third-order valence-electron chi connectivity index (χ3n) is 5.37. The Kier molecular flexibility index (Phi) is 8.46. The summed E-state index contributed by atoms with van der Waals surface area (Å²) in [6, 6.07) is 17.8. The fourth-order valence-electron chi connectivity index (χ4n) is 3.60. The lowest BCUT2D eigenvalue weighted by Gasteiger charge is -2.23. The van der Waals surface area contributed by atoms with Gasteiger partial charge in [0.1, 0.15) is 4.90 Å². The minimum absolute atomic E-state index is 0.0236. The van der Waals surface area contributed by atoms with E-state index >= 15 is 0 Å². The summed E-state index contributed by atoms with van der Waals surface area (Å²) in [5, 5.41) is 8.89. The van der Waals surface area contributed by atoms with Gasteiger partial charge in [-0.2, -0.15) is 9.57 Å². The zero-order valence-corrected chi connectivity index (χ0v) is 21.9. The number of benzene rings is 3. The van der Waals surface area contributed by atoms with Gasteiger partial charge < -0.3 is 5.73 Å². The molecule has 0 aliphatic heterocycles. The summed E-state index contributed by atoms with van der Waals surface area (Å²) in [5.41, 5.74) is 6.95. The number of nitrogens with zero attached hydrogens (tertiary/aromatic N) is 2. The molecule has 0 bridgehead atoms. The summed E-state index contributed by atoms with van der Waals surface area (Å²) in [6.07, 6.45) is 0.333. The van der Waals surface area contributed by atoms with Gasteiger partial charge in [-0.3, -0.25) is 0 Å². The van der Waals surface area contributed by atoms with Gasteiger partial charge in [0.15, 0.2) is 0 Å². The summed E-state index contributed by atoms with van der Waals surface area (Å²) < 4.78 is 56.1. The first-order valence-corrected chi connectivity index (χ1v) is 14.2. The van der Waals surface area contributed by atoms with Gasteiger partial charge in [0, 0.05) is 19.5 Å². The van der Waals surface area contributed by atoms with Crippen LogP contribution >= 0.6 is 23.2 Å². The maximum absolute atomic E-state index is 13.8. The van der Waals surface area contributed by atoms with Gasteiger partial charge in [0.25, 0.3) is 0 Å². The van der Waals surface area contributed by atoms with E-state index in [2.05, 4.69) is 0 Å². The zero-order valence-electron chi connectivity index (χ0n) is 18.8. The molecule has 3 aromatic rings. The SMILES string of the molecule is Cc1cccc(S(=O)(=O)N(CCC#N)CCc2ccccc2)c1S(=O)(=O)c1cc(Cl)c(N)cc1Cl. The smallest absolute Gasteiger partial charge is 0.244 e. The van der Waals surface area contributed by atoms with Crippen LogP contribution in [0.4, 0.5) is 5.69 Å². The van der Waals surface area contributed by atoms with E-state index in [1.54, 1.807) is 0 Å². The quantitative estimate of drug-likeness (QED) is 0.379. The lowest BCUT2D eigenvalue weighted by molar-refractivity contribution is 0.419. The Balaban J connectivity index is 2.14. The number of nitriles is 1. The number of hydrogen-bond acceptors (Lipinski definition) is 6. The van der Waals surface area contributed by atoms with Gasteiger partial charge in [-0.1, -0.05) is 65.7 Å². The Morgan fingerprint density at radius 1 is 0.914 bits per heavy atom. The molecule has 3 aromatic carbocycles. The molecule has 0 aliphatic rings. The molecule has 0 saturated carbocycles. The van der Waals surface area contributed by atoms with Crippen molar-refractivity contribution in [1.82, 2.24) is 4.31 Å². The van der Waals surface area contributed by atoms with E-state index in [1.807, 2.05) is 36.4 Å². The van der Waals surface area contributed by atoms with Gasteiger partial charge >= 0.3 is 0 Å². The molecule has 2 N–H and O–H groups in total. The van der Waals surface area contributed by atoms with Crippen LogP contribution in [0, 0.1) is 18.3 Å². The number of hydrogen-bond donors (Lipinski definition) is 1. The highest BCUT2D eigenvalue weighted by atomic mass is 35.5. The molecular formula is C24H23Cl2N3O4S2. The van der Waals surface area contributed by atoms with Gasteiger partial charge in [-0.15, -0.1) is 0 Å². The molecule has 0 saturated heterocycles. The third kappa shape index (κ3) is 5.80. The summed E-state index contributed by atoms with van der Waals surface area (Å²) in [5.74, 6) is 0. The molecule has 0 unspecified atom stereocenters. The molecule has 0 aromatic heterocycles. The molecular weight excluding hydrogens is 529 g/mol. The Morgan fingerprint density at radius 2 is 1.60 bits per heavy atom. The van der Waals surface area contributed by atoms with Crippen LogP contribution in [0.5, 0.6) is 0 Å². The fraction of sp³-hybridized carbons (Fsp3) is 0.208. The summed E-state index contributed by atoms with van der Waals surface area (Å²) >= 11 is 12.2. The highest BCUT2D eigenvalue weighted by Crippen LogP contribution is 2.37. The number of nitrogen functional groups attached to an aromatic ring is 1. The molecule has 0 atom stereocenters. The van der Waals surface area contributed by atoms with E-state index in [4.69, 9.17) is 34.2 Å². The number of sulfonamides is 1. The first-order valence-electron chi connectivity index (χ1n) is 10.5. The number of sulfone groups is 1. The van der Waals surface area contributed by atoms with Crippen LogP contribution in [0.15, 0.2) is 75.4 Å². The fourth-order valence-corrected chi connectivity index (χ4v) is 8.17. The number of rotatable bonds is 9. The van der Waals surface area contributed by atoms with Crippen LogP contribution in [0.25, 0.3) is 0 Å². The maximum atomic E-state index is 13.8. The normalized spacial score (nSPS) is 12.0. The molecule has 0 fully saturated rings. The second-order valence-electron chi connectivity index (χ2n) is 7.76. The molecule has 7 nitrogen and oxygen atoms in total. The molecule has 0 aliphatic carbocycles. The van der Waals surface area contributed by atoms with Crippen molar-refractivity contribution >= 4 is 48.7 Å². The molecule has 3 rings (SSSR count). The molecule has 184 valence electrons. The van der Waals surface area contributed by atoms with Gasteiger partial charge in [-0.05, 0) is 42.7 Å². The van der Waals surface area contributed by atoms with Crippen LogP contribution < -0.4 is 5.73 Å². The van der Waals surface area contributed by atoms with E-state index in [9.17, 15) is 16.8 Å². The molecule has 0 heterocycles. The van der Waals surface area contributed by atoms with Crippen LogP contribution in [0.2, 0.25) is 10.0 Å². The van der Waals surface area contributed by atoms with Crippen LogP contribution in [0.1, 0.15) is 17.5 Å². The highest BCUT2D eigenvalue weighted by molar-refractivity contribution is 7.93. The van der Waals surface area contributed by atoms with E-state index in [-0.39, 0.29) is 45.7 Å². The largest absolute Gasteiger partial charge is 0.397 e. The standard InChI is InChI=1S/C24H23Cl2N3O4S2/c1-17-7-5-10-22(24(17)34(30,31)23-16-19(25)21(28)15-20(23)26)35(32,33)29(13-6-12-27)14-11-18-8-3-2-4-9-18/h2-5,7-10,15-16H,6,11,13-14,28H2,1H3. The lowest BCUT2D eigenvalue weighted by atomic mass is 10.1. The second-order valence-corrected chi connectivity index (χ2v) is 12.3. The minimum atomic E-state index is -4.42. The monoisotopic (exact) mass is 551 g/mol. The molecule has 0 spiro atoms. The third-order valence-corrected chi connectivity index (χ3v) is 10.2. The van der Waals surface area contributed by atoms with Crippen LogP contribution in [-0.4, -0.2) is 34.2 Å². The summed E-state index contributed by atoms with van der Waals surface area (Å²) in [4.78, 5) is -1.14. The molecule has 0 amide bonds. The van der Waals surface area contributed by atoms with Crippen molar-refractivity contribution < 1.29 is 16.8 Å². The lowest BCUT2D eigenvalue weighted by Crippen LogP contribution is -2.34. The first-order chi connectivity index (χ1) is 16.5. The Labute approximate surface area is 215 Å². The summed E-state index contributed by atoms with van der Waals surface area (Å²) in [7, 11) is -8.73. The van der Waals surface area contributed by atoms with Gasteiger partial charge in [-0.25, -0.2) is 16.8 Å². The predicted molar refractivity (Wildman–Crippen MR) is 137 cm³/mol. The average molecular weight is 553 g/mol. The topological polar surface area (TPSA) is 121 Å². The van der Waals surface area contributed by atoms with Crippen molar-refractivity contribution in [3.63, 3.8) is 0 Å². The van der Waals surface area contributed by atoms with Crippen molar-refractivity contribution in [3.8, 4) is 6.07 Å². The van der Waals surface area contributed by atoms with Crippen molar-refractivity contribution in [2.24, 2.45) is 0 Å². The second kappa shape index (κ2) is 11.0. The number of halogens is 2. The summed E-state index contributed by atoms with van der Waals surface area (Å²) in [6.45, 7) is 1.48. The molecule has 0 radical (unpaired) electrons. The number of aryl methyl sites for hydroxylation is 1. The van der Waals surface area contributed by atoms with E-state index in [0.717, 1.165) is 15.9 Å². The number of nitrogens with two attached hydrogens (primary N) is 1. The molecule has 11 heteroatoms. The number of anilines is 1. The van der Waals surface area contributed by atoms with Crippen LogP contribution in [0.3, 0.4) is 0 Å². The van der Waals surface area contributed by atoms with E-state index < -0.39 is 29.7 Å². The zero-order chi connectivity index (χ0) is 25.8. The van der Waals surface area contributed by atoms with Crippen molar-refractivity contribution in [3.05, 3.63) is 81.8 Å². The Bertz CT molecular complexity index is 1490. The maximum Gasteiger partial charge on any atom is 0.244 e. The van der Waals surface area contributed by atoms with Gasteiger partial charge in [0.05, 0.1) is 31.6 Å². The Morgan fingerprint density at radius 3 is 2.26 bits per heavy atom. The van der Waals surface area contributed by atoms with Crippen molar-refractivity contribution in [2.45, 2.75) is 34.5 Å². The average Bonchev–Trinajstić information content (AvgIpc) is 2.81. The van der Waals surface area contributed by atoms with Gasteiger partial charge in [0.2, 0.25) is 19.9 Å². The molecule has 35 heavy (non-hydrogen) atoms. The Hall–Kier alpha value is -2.61. The highest BCUT2D eigenvalue weighted by Gasteiger charge is 2.34. The minimum Gasteiger partial charge on any atom is -0.397 e. The van der Waals surface area contributed by atoms with Crippen molar-refractivity contribution in [1.29, 1.82) is 5.26 Å².